The molecule has 1 aromatic carbocycles. The molecule has 1 aromatic rings. The van der Waals surface area contributed by atoms with E-state index in [-0.39, 0.29) is 47.7 Å². The van der Waals surface area contributed by atoms with Crippen LogP contribution in [0.15, 0.2) is 59.7 Å². The van der Waals surface area contributed by atoms with Gasteiger partial charge in [-0.25, -0.2) is 0 Å². The quantitative estimate of drug-likeness (QED) is 0.510. The van der Waals surface area contributed by atoms with Crippen LogP contribution >= 0.6 is 0 Å². The molecule has 2 aliphatic heterocycles. The zero-order valence-electron chi connectivity index (χ0n) is 20.2. The first-order valence-electron chi connectivity index (χ1n) is 12.0. The van der Waals surface area contributed by atoms with Gasteiger partial charge in [-0.2, -0.15) is 0 Å². The van der Waals surface area contributed by atoms with Gasteiger partial charge in [0, 0.05) is 23.8 Å². The number of phenolic OH excluding ortho intramolecular Hbond substituents is 1. The Morgan fingerprint density at radius 3 is 2.53 bits per heavy atom. The minimum atomic E-state index is -1.34. The molecule has 6 nitrogen and oxygen atoms in total. The third-order valence-corrected chi connectivity index (χ3v) is 7.71. The first-order valence-corrected chi connectivity index (χ1v) is 12.0. The zero-order chi connectivity index (χ0) is 24.6. The number of rotatable bonds is 2. The molecule has 0 saturated carbocycles. The van der Waals surface area contributed by atoms with Gasteiger partial charge < -0.3 is 15.2 Å². The fourth-order valence-electron chi connectivity index (χ4n) is 5.69. The SMILES string of the molecule is CC1=C[C@@H]2C=CC[C@H](C)C(=O)/C(C)=C/CC(=O)OC23C(=O)N[C@@H](Cc2ccc(O)cc2)[C@@H]3[C@@H]1C. The molecule has 1 spiro atoms. The maximum absolute atomic E-state index is 13.7. The van der Waals surface area contributed by atoms with Gasteiger partial charge in [0.05, 0.1) is 6.42 Å². The lowest BCUT2D eigenvalue weighted by Crippen LogP contribution is -2.56. The average Bonchev–Trinajstić information content (AvgIpc) is 3.07. The molecule has 2 N–H and O–H groups in total. The molecule has 180 valence electrons. The number of esters is 1. The number of benzene rings is 1. The van der Waals surface area contributed by atoms with Crippen molar-refractivity contribution in [3.63, 3.8) is 0 Å². The monoisotopic (exact) mass is 463 g/mol. The van der Waals surface area contributed by atoms with Crippen molar-refractivity contribution < 1.29 is 24.2 Å². The van der Waals surface area contributed by atoms with Crippen LogP contribution in [0.3, 0.4) is 0 Å². The van der Waals surface area contributed by atoms with E-state index in [2.05, 4.69) is 19.2 Å². The number of amides is 1. The summed E-state index contributed by atoms with van der Waals surface area (Å²) in [6, 6.07) is 6.73. The van der Waals surface area contributed by atoms with Crippen molar-refractivity contribution in [1.82, 2.24) is 5.32 Å². The highest BCUT2D eigenvalue weighted by Crippen LogP contribution is 2.50. The lowest BCUT2D eigenvalue weighted by atomic mass is 9.63. The first-order chi connectivity index (χ1) is 16.1. The van der Waals surface area contributed by atoms with E-state index in [0.717, 1.165) is 11.1 Å². The van der Waals surface area contributed by atoms with Crippen molar-refractivity contribution in [3.8, 4) is 5.75 Å². The van der Waals surface area contributed by atoms with Gasteiger partial charge in [-0.05, 0) is 55.9 Å². The van der Waals surface area contributed by atoms with Gasteiger partial charge in [-0.1, -0.05) is 55.9 Å². The second-order valence-corrected chi connectivity index (χ2v) is 9.99. The van der Waals surface area contributed by atoms with Crippen LogP contribution in [0, 0.1) is 23.7 Å². The third kappa shape index (κ3) is 4.22. The minimum Gasteiger partial charge on any atom is -0.508 e. The molecule has 0 aromatic heterocycles. The number of carbonyl (C=O) groups excluding carboxylic acids is 3. The Labute approximate surface area is 200 Å². The van der Waals surface area contributed by atoms with Gasteiger partial charge in [-0.3, -0.25) is 14.4 Å². The van der Waals surface area contributed by atoms with Crippen LogP contribution in [-0.2, 0) is 25.5 Å². The van der Waals surface area contributed by atoms with Crippen LogP contribution in [0.5, 0.6) is 5.75 Å². The van der Waals surface area contributed by atoms with Crippen molar-refractivity contribution >= 4 is 17.7 Å². The van der Waals surface area contributed by atoms with Gasteiger partial charge in [0.1, 0.15) is 5.75 Å². The molecule has 1 amide bonds. The molecule has 1 unspecified atom stereocenters. The molecule has 0 bridgehead atoms. The highest BCUT2D eigenvalue weighted by atomic mass is 16.6. The van der Waals surface area contributed by atoms with E-state index in [4.69, 9.17) is 4.74 Å². The van der Waals surface area contributed by atoms with Crippen molar-refractivity contribution in [2.45, 2.75) is 58.6 Å². The number of hydrogen-bond acceptors (Lipinski definition) is 5. The zero-order valence-corrected chi connectivity index (χ0v) is 20.2. The largest absolute Gasteiger partial charge is 0.508 e. The van der Waals surface area contributed by atoms with E-state index < -0.39 is 17.5 Å². The van der Waals surface area contributed by atoms with E-state index >= 15 is 0 Å². The van der Waals surface area contributed by atoms with Crippen molar-refractivity contribution in [3.05, 3.63) is 65.3 Å². The number of Topliss-reactive ketones (excluding diaryl/α,β-unsaturated/α-hetero) is 1. The molecular weight excluding hydrogens is 430 g/mol. The first kappa shape index (κ1) is 24.0. The van der Waals surface area contributed by atoms with Crippen LogP contribution in [0.25, 0.3) is 0 Å². The van der Waals surface area contributed by atoms with Crippen LogP contribution < -0.4 is 5.32 Å². The summed E-state index contributed by atoms with van der Waals surface area (Å²) >= 11 is 0. The normalized spacial score (nSPS) is 35.5. The fraction of sp³-hybridized carbons (Fsp3) is 0.464. The predicted molar refractivity (Wildman–Crippen MR) is 129 cm³/mol. The van der Waals surface area contributed by atoms with Crippen LogP contribution in [0.2, 0.25) is 0 Å². The number of ketones is 1. The molecule has 34 heavy (non-hydrogen) atoms. The maximum atomic E-state index is 13.7. The second kappa shape index (κ2) is 9.24. The van der Waals surface area contributed by atoms with Crippen molar-refractivity contribution in [2.24, 2.45) is 23.7 Å². The van der Waals surface area contributed by atoms with E-state index in [1.807, 2.05) is 37.3 Å². The summed E-state index contributed by atoms with van der Waals surface area (Å²) < 4.78 is 6.12. The van der Waals surface area contributed by atoms with Crippen molar-refractivity contribution in [1.29, 1.82) is 0 Å². The number of nitrogens with one attached hydrogen (secondary N) is 1. The number of carbonyl (C=O) groups is 3. The highest BCUT2D eigenvalue weighted by Gasteiger charge is 2.64. The highest BCUT2D eigenvalue weighted by molar-refractivity contribution is 5.97. The lowest BCUT2D eigenvalue weighted by molar-refractivity contribution is -0.176. The average molecular weight is 464 g/mol. The molecule has 4 rings (SSSR count). The number of ether oxygens (including phenoxy) is 1. The van der Waals surface area contributed by atoms with E-state index in [1.165, 1.54) is 0 Å². The summed E-state index contributed by atoms with van der Waals surface area (Å²) in [7, 11) is 0. The molecule has 6 heteroatoms. The summed E-state index contributed by atoms with van der Waals surface area (Å²) in [6.45, 7) is 7.74. The summed E-state index contributed by atoms with van der Waals surface area (Å²) in [5, 5.41) is 12.8. The van der Waals surface area contributed by atoms with Gasteiger partial charge >= 0.3 is 5.97 Å². The Bertz CT molecular complexity index is 1080. The summed E-state index contributed by atoms with van der Waals surface area (Å²) in [4.78, 5) is 39.3. The Kier molecular flexibility index (Phi) is 6.52. The van der Waals surface area contributed by atoms with Crippen molar-refractivity contribution in [2.75, 3.05) is 0 Å². The fourth-order valence-corrected chi connectivity index (χ4v) is 5.69. The number of phenols is 1. The van der Waals surface area contributed by atoms with E-state index in [1.54, 1.807) is 25.1 Å². The van der Waals surface area contributed by atoms with Gasteiger partial charge in [0.2, 0.25) is 5.60 Å². The molecular formula is C28H33NO5. The number of aromatic hydroxyl groups is 1. The molecule has 6 atom stereocenters. The minimum absolute atomic E-state index is 0.0159. The third-order valence-electron chi connectivity index (χ3n) is 7.71. The maximum Gasteiger partial charge on any atom is 0.310 e. The molecule has 1 saturated heterocycles. The summed E-state index contributed by atoms with van der Waals surface area (Å²) in [5.41, 5.74) is 1.32. The molecule has 1 aliphatic carbocycles. The van der Waals surface area contributed by atoms with Gasteiger partial charge in [0.25, 0.3) is 5.91 Å². The Morgan fingerprint density at radius 2 is 1.82 bits per heavy atom. The number of hydrogen-bond donors (Lipinski definition) is 2. The summed E-state index contributed by atoms with van der Waals surface area (Å²) in [5.74, 6) is -1.45. The van der Waals surface area contributed by atoms with Gasteiger partial charge in [0.15, 0.2) is 5.78 Å². The number of allylic oxidation sites excluding steroid dienone is 3. The van der Waals surface area contributed by atoms with Crippen LogP contribution in [0.4, 0.5) is 0 Å². The topological polar surface area (TPSA) is 92.7 Å². The Morgan fingerprint density at radius 1 is 1.12 bits per heavy atom. The van der Waals surface area contributed by atoms with E-state index in [9.17, 15) is 19.5 Å². The van der Waals surface area contributed by atoms with Crippen LogP contribution in [-0.4, -0.2) is 34.4 Å². The van der Waals surface area contributed by atoms with Gasteiger partial charge in [-0.15, -0.1) is 0 Å². The van der Waals surface area contributed by atoms with Crippen LogP contribution in [0.1, 0.15) is 46.1 Å². The second-order valence-electron chi connectivity index (χ2n) is 9.99. The molecule has 3 aliphatic rings. The standard InChI is InChI=1S/C28H33NO5/c1-16-6-5-7-21-14-18(3)19(4)25-23(15-20-9-11-22(30)12-10-20)29-27(33)28(21,25)34-24(31)13-8-17(2)26(16)32/h5,7-12,14,16,19,21,23,25,30H,6,13,15H2,1-4H3,(H,29,33)/b7-5?,17-8+/t16-,19+,21-,23-,25-,28?/m0/s1. The Balaban J connectivity index is 1.77. The molecule has 1 fully saturated rings. The smallest absolute Gasteiger partial charge is 0.310 e. The lowest BCUT2D eigenvalue weighted by Gasteiger charge is -2.44. The Hall–Kier alpha value is -3.15. The summed E-state index contributed by atoms with van der Waals surface area (Å²) in [6.07, 6.45) is 8.58. The van der Waals surface area contributed by atoms with E-state index in [0.29, 0.717) is 18.4 Å². The molecule has 0 radical (unpaired) electrons. The molecule has 2 heterocycles. The predicted octanol–water partition coefficient (Wildman–Crippen LogP) is 4.05.